The number of nitrogens with zero attached hydrogens (tertiary/aromatic N) is 2. The lowest BCUT2D eigenvalue weighted by Gasteiger charge is -2.23. The Labute approximate surface area is 88.3 Å². The summed E-state index contributed by atoms with van der Waals surface area (Å²) in [5.41, 5.74) is 0.385. The number of hydrogen-bond acceptors (Lipinski definition) is 4. The quantitative estimate of drug-likeness (QED) is 0.712. The van der Waals surface area contributed by atoms with Crippen molar-refractivity contribution in [3.05, 3.63) is 24.3 Å². The normalized spacial score (nSPS) is 17.3. The Morgan fingerprint density at radius 1 is 1.40 bits per heavy atom. The fourth-order valence-corrected chi connectivity index (χ4v) is 1.64. The highest BCUT2D eigenvalue weighted by molar-refractivity contribution is 5.92. The van der Waals surface area contributed by atoms with Gasteiger partial charge in [-0.1, -0.05) is 0 Å². The molecule has 1 fully saturated rings. The van der Waals surface area contributed by atoms with Gasteiger partial charge in [0.05, 0.1) is 6.20 Å². The van der Waals surface area contributed by atoms with Crippen molar-refractivity contribution in [1.82, 2.24) is 20.6 Å². The van der Waals surface area contributed by atoms with Crippen molar-refractivity contribution in [3.8, 4) is 0 Å². The molecule has 2 N–H and O–H groups in total. The van der Waals surface area contributed by atoms with Crippen LogP contribution in [0.25, 0.3) is 0 Å². The number of amides is 1. The van der Waals surface area contributed by atoms with Crippen molar-refractivity contribution >= 4 is 5.91 Å². The van der Waals surface area contributed by atoms with Crippen LogP contribution in [-0.2, 0) is 0 Å². The van der Waals surface area contributed by atoms with Crippen LogP contribution in [0.15, 0.2) is 18.6 Å². The topological polar surface area (TPSA) is 66.9 Å². The Bertz CT molecular complexity index is 321. The molecule has 5 heteroatoms. The van der Waals surface area contributed by atoms with Gasteiger partial charge in [0.1, 0.15) is 5.69 Å². The average molecular weight is 206 g/mol. The first-order valence-electron chi connectivity index (χ1n) is 5.14. The van der Waals surface area contributed by atoms with Gasteiger partial charge in [0.2, 0.25) is 0 Å². The maximum atomic E-state index is 11.7. The summed E-state index contributed by atoms with van der Waals surface area (Å²) >= 11 is 0. The van der Waals surface area contributed by atoms with Gasteiger partial charge in [0.15, 0.2) is 0 Å². The molecule has 1 saturated heterocycles. The van der Waals surface area contributed by atoms with Gasteiger partial charge in [-0.3, -0.25) is 9.78 Å². The summed E-state index contributed by atoms with van der Waals surface area (Å²) in [6.07, 6.45) is 6.52. The number of hydrogen-bond donors (Lipinski definition) is 2. The molecule has 0 radical (unpaired) electrons. The van der Waals surface area contributed by atoms with Crippen molar-refractivity contribution < 1.29 is 4.79 Å². The fraction of sp³-hybridized carbons (Fsp3) is 0.500. The van der Waals surface area contributed by atoms with Crippen molar-refractivity contribution in [2.24, 2.45) is 0 Å². The van der Waals surface area contributed by atoms with Crippen LogP contribution >= 0.6 is 0 Å². The van der Waals surface area contributed by atoms with Gasteiger partial charge in [-0.15, -0.1) is 0 Å². The number of carbonyl (C=O) groups excluding carboxylic acids is 1. The molecular formula is C10H14N4O. The molecule has 0 bridgehead atoms. The van der Waals surface area contributed by atoms with Crippen LogP contribution in [0.3, 0.4) is 0 Å². The van der Waals surface area contributed by atoms with E-state index in [1.54, 1.807) is 6.20 Å². The van der Waals surface area contributed by atoms with Gasteiger partial charge < -0.3 is 10.6 Å². The molecular weight excluding hydrogens is 192 g/mol. The highest BCUT2D eigenvalue weighted by atomic mass is 16.1. The first-order chi connectivity index (χ1) is 7.36. The zero-order chi connectivity index (χ0) is 10.5. The lowest BCUT2D eigenvalue weighted by Crippen LogP contribution is -2.42. The minimum Gasteiger partial charge on any atom is -0.348 e. The molecule has 0 saturated carbocycles. The molecule has 0 spiro atoms. The van der Waals surface area contributed by atoms with Crippen molar-refractivity contribution in [1.29, 1.82) is 0 Å². The second kappa shape index (κ2) is 4.84. The second-order valence-electron chi connectivity index (χ2n) is 3.59. The summed E-state index contributed by atoms with van der Waals surface area (Å²) in [7, 11) is 0. The molecule has 80 valence electrons. The number of aromatic nitrogens is 2. The zero-order valence-corrected chi connectivity index (χ0v) is 8.44. The van der Waals surface area contributed by atoms with Crippen LogP contribution in [0, 0.1) is 0 Å². The first kappa shape index (κ1) is 10.0. The molecule has 0 aromatic carbocycles. The summed E-state index contributed by atoms with van der Waals surface area (Å²) in [4.78, 5) is 19.5. The van der Waals surface area contributed by atoms with Gasteiger partial charge in [-0.2, -0.15) is 0 Å². The van der Waals surface area contributed by atoms with E-state index >= 15 is 0 Å². The highest BCUT2D eigenvalue weighted by Gasteiger charge is 2.16. The van der Waals surface area contributed by atoms with E-state index in [-0.39, 0.29) is 11.9 Å². The Balaban J connectivity index is 1.91. The molecule has 1 aliphatic rings. The minimum atomic E-state index is -0.130. The molecule has 5 nitrogen and oxygen atoms in total. The highest BCUT2D eigenvalue weighted by Crippen LogP contribution is 2.03. The van der Waals surface area contributed by atoms with Gasteiger partial charge in [-0.25, -0.2) is 4.98 Å². The fourth-order valence-electron chi connectivity index (χ4n) is 1.64. The molecule has 1 amide bonds. The van der Waals surface area contributed by atoms with Gasteiger partial charge >= 0.3 is 0 Å². The number of carbonyl (C=O) groups is 1. The van der Waals surface area contributed by atoms with Crippen LogP contribution in [0.1, 0.15) is 23.3 Å². The third-order valence-corrected chi connectivity index (χ3v) is 2.47. The van der Waals surface area contributed by atoms with Gasteiger partial charge in [0.25, 0.3) is 5.91 Å². The maximum absolute atomic E-state index is 11.7. The molecule has 0 atom stereocenters. The van der Waals surface area contributed by atoms with Crippen molar-refractivity contribution in [3.63, 3.8) is 0 Å². The molecule has 0 aliphatic carbocycles. The number of nitrogens with one attached hydrogen (secondary N) is 2. The third-order valence-electron chi connectivity index (χ3n) is 2.47. The second-order valence-corrected chi connectivity index (χ2v) is 3.59. The SMILES string of the molecule is O=C(NC1CCNCC1)c1cnccn1. The summed E-state index contributed by atoms with van der Waals surface area (Å²) in [6.45, 7) is 1.93. The molecule has 1 aliphatic heterocycles. The summed E-state index contributed by atoms with van der Waals surface area (Å²) in [5.74, 6) is -0.130. The molecule has 1 aromatic rings. The van der Waals surface area contributed by atoms with E-state index in [2.05, 4.69) is 20.6 Å². The van der Waals surface area contributed by atoms with Crippen LogP contribution < -0.4 is 10.6 Å². The summed E-state index contributed by atoms with van der Waals surface area (Å²) in [6, 6.07) is 0.265. The lowest BCUT2D eigenvalue weighted by atomic mass is 10.1. The van der Waals surface area contributed by atoms with E-state index in [9.17, 15) is 4.79 Å². The van der Waals surface area contributed by atoms with E-state index in [0.29, 0.717) is 5.69 Å². The van der Waals surface area contributed by atoms with E-state index in [4.69, 9.17) is 0 Å². The lowest BCUT2D eigenvalue weighted by molar-refractivity contribution is 0.0924. The molecule has 1 aromatic heterocycles. The smallest absolute Gasteiger partial charge is 0.271 e. The monoisotopic (exact) mass is 206 g/mol. The van der Waals surface area contributed by atoms with E-state index in [1.165, 1.54) is 12.4 Å². The van der Waals surface area contributed by atoms with Crippen molar-refractivity contribution in [2.45, 2.75) is 18.9 Å². The Morgan fingerprint density at radius 3 is 2.87 bits per heavy atom. The number of piperidine rings is 1. The van der Waals surface area contributed by atoms with Gasteiger partial charge in [0, 0.05) is 18.4 Å². The Hall–Kier alpha value is -1.49. The van der Waals surface area contributed by atoms with Crippen LogP contribution in [0.4, 0.5) is 0 Å². The largest absolute Gasteiger partial charge is 0.348 e. The maximum Gasteiger partial charge on any atom is 0.271 e. The Morgan fingerprint density at radius 2 is 2.20 bits per heavy atom. The predicted molar refractivity (Wildman–Crippen MR) is 55.4 cm³/mol. The minimum absolute atomic E-state index is 0.130. The van der Waals surface area contributed by atoms with Crippen molar-refractivity contribution in [2.75, 3.05) is 13.1 Å². The molecule has 2 rings (SSSR count). The van der Waals surface area contributed by atoms with Gasteiger partial charge in [-0.05, 0) is 25.9 Å². The third kappa shape index (κ3) is 2.73. The summed E-state index contributed by atoms with van der Waals surface area (Å²) in [5, 5.41) is 6.20. The van der Waals surface area contributed by atoms with Crippen LogP contribution in [0.2, 0.25) is 0 Å². The molecule has 2 heterocycles. The molecule has 15 heavy (non-hydrogen) atoms. The zero-order valence-electron chi connectivity index (χ0n) is 8.44. The van der Waals surface area contributed by atoms with E-state index in [0.717, 1.165) is 25.9 Å². The Kier molecular flexibility index (Phi) is 3.24. The first-order valence-corrected chi connectivity index (χ1v) is 5.14. The predicted octanol–water partition coefficient (Wildman–Crippen LogP) is -0.0416. The molecule has 0 unspecified atom stereocenters. The van der Waals surface area contributed by atoms with E-state index in [1.807, 2.05) is 0 Å². The van der Waals surface area contributed by atoms with Crippen LogP contribution in [0.5, 0.6) is 0 Å². The number of rotatable bonds is 2. The standard InChI is InChI=1S/C10H14N4O/c15-10(9-7-12-5-6-13-9)14-8-1-3-11-4-2-8/h5-8,11H,1-4H2,(H,14,15). The van der Waals surface area contributed by atoms with E-state index < -0.39 is 0 Å². The van der Waals surface area contributed by atoms with Crippen LogP contribution in [-0.4, -0.2) is 35.0 Å². The summed E-state index contributed by atoms with van der Waals surface area (Å²) < 4.78 is 0. The average Bonchev–Trinajstić information content (AvgIpc) is 2.31.